The first-order valence-corrected chi connectivity index (χ1v) is 6.09. The van der Waals surface area contributed by atoms with Gasteiger partial charge in [-0.2, -0.15) is 0 Å². The number of rotatable bonds is 4. The molecule has 0 fully saturated rings. The van der Waals surface area contributed by atoms with Crippen LogP contribution in [0.4, 0.5) is 0 Å². The summed E-state index contributed by atoms with van der Waals surface area (Å²) in [7, 11) is 0. The lowest BCUT2D eigenvalue weighted by Gasteiger charge is -2.20. The third-order valence-electron chi connectivity index (χ3n) is 2.57. The Bertz CT molecular complexity index is 507. The van der Waals surface area contributed by atoms with Crippen molar-refractivity contribution in [2.75, 3.05) is 0 Å². The lowest BCUT2D eigenvalue weighted by molar-refractivity contribution is 0.411. The Labute approximate surface area is 107 Å². The van der Waals surface area contributed by atoms with E-state index in [1.54, 1.807) is 12.5 Å². The van der Waals surface area contributed by atoms with Crippen molar-refractivity contribution >= 4 is 0 Å². The van der Waals surface area contributed by atoms with Gasteiger partial charge in [-0.05, 0) is 27.7 Å². The van der Waals surface area contributed by atoms with E-state index in [2.05, 4.69) is 36.1 Å². The van der Waals surface area contributed by atoms with Crippen LogP contribution in [0.3, 0.4) is 0 Å². The van der Waals surface area contributed by atoms with Gasteiger partial charge < -0.3 is 14.3 Å². The molecular formula is C13H20N4O. The molecule has 0 radical (unpaired) electrons. The second kappa shape index (κ2) is 4.94. The molecule has 2 heterocycles. The molecule has 0 aromatic carbocycles. The van der Waals surface area contributed by atoms with Crippen LogP contribution in [-0.4, -0.2) is 20.1 Å². The summed E-state index contributed by atoms with van der Waals surface area (Å²) in [5.74, 6) is 1.54. The second-order valence-corrected chi connectivity index (χ2v) is 5.48. The summed E-state index contributed by atoms with van der Waals surface area (Å²) in [5.41, 5.74) is 1.22. The molecule has 0 atom stereocenters. The molecule has 0 aliphatic carbocycles. The van der Waals surface area contributed by atoms with Crippen molar-refractivity contribution in [2.24, 2.45) is 0 Å². The highest BCUT2D eigenvalue weighted by atomic mass is 16.4. The minimum absolute atomic E-state index is 0.0919. The monoisotopic (exact) mass is 248 g/mol. The smallest absolute Gasteiger partial charge is 0.214 e. The van der Waals surface area contributed by atoms with E-state index in [0.29, 0.717) is 12.4 Å². The Morgan fingerprint density at radius 2 is 2.11 bits per heavy atom. The molecule has 2 aromatic heterocycles. The van der Waals surface area contributed by atoms with Gasteiger partial charge in [-0.1, -0.05) is 0 Å². The molecule has 0 amide bonds. The molecule has 0 aliphatic heterocycles. The maximum atomic E-state index is 5.48. The number of oxazole rings is 1. The van der Waals surface area contributed by atoms with Crippen molar-refractivity contribution < 1.29 is 4.42 Å². The molecule has 0 aliphatic rings. The summed E-state index contributed by atoms with van der Waals surface area (Å²) in [6.45, 7) is 9.73. The quantitative estimate of drug-likeness (QED) is 0.900. The van der Waals surface area contributed by atoms with Crippen molar-refractivity contribution in [3.63, 3.8) is 0 Å². The van der Waals surface area contributed by atoms with Gasteiger partial charge in [0.1, 0.15) is 12.3 Å². The van der Waals surface area contributed by atoms with E-state index in [1.807, 2.05) is 17.7 Å². The summed E-state index contributed by atoms with van der Waals surface area (Å²) < 4.78 is 7.52. The van der Waals surface area contributed by atoms with Crippen LogP contribution >= 0.6 is 0 Å². The lowest BCUT2D eigenvalue weighted by atomic mass is 10.1. The topological polar surface area (TPSA) is 55.9 Å². The maximum absolute atomic E-state index is 5.48. The van der Waals surface area contributed by atoms with Crippen molar-refractivity contribution in [3.05, 3.63) is 36.1 Å². The third kappa shape index (κ3) is 3.43. The number of imidazole rings is 1. The average molecular weight is 248 g/mol. The molecule has 0 spiro atoms. The summed E-state index contributed by atoms with van der Waals surface area (Å²) in [5, 5.41) is 3.44. The molecule has 5 nitrogen and oxygen atoms in total. The van der Waals surface area contributed by atoms with Crippen LogP contribution in [0, 0.1) is 6.92 Å². The summed E-state index contributed by atoms with van der Waals surface area (Å²) in [4.78, 5) is 8.38. The van der Waals surface area contributed by atoms with Crippen LogP contribution in [0.2, 0.25) is 0 Å². The van der Waals surface area contributed by atoms with Crippen molar-refractivity contribution in [2.45, 2.75) is 46.3 Å². The van der Waals surface area contributed by atoms with Crippen LogP contribution in [0.5, 0.6) is 0 Å². The number of hydrogen-bond acceptors (Lipinski definition) is 4. The zero-order valence-corrected chi connectivity index (χ0v) is 11.4. The van der Waals surface area contributed by atoms with Gasteiger partial charge in [-0.15, -0.1) is 0 Å². The Kier molecular flexibility index (Phi) is 3.52. The molecule has 2 rings (SSSR count). The van der Waals surface area contributed by atoms with Gasteiger partial charge in [0.2, 0.25) is 5.89 Å². The Morgan fingerprint density at radius 3 is 2.72 bits per heavy atom. The van der Waals surface area contributed by atoms with Gasteiger partial charge in [0, 0.05) is 18.3 Å². The van der Waals surface area contributed by atoms with Crippen LogP contribution in [0.1, 0.15) is 38.1 Å². The van der Waals surface area contributed by atoms with Crippen molar-refractivity contribution in [3.8, 4) is 0 Å². The lowest BCUT2D eigenvalue weighted by Crippen LogP contribution is -2.35. The molecule has 0 unspecified atom stereocenters. The first kappa shape index (κ1) is 12.8. The van der Waals surface area contributed by atoms with Crippen LogP contribution in [0.25, 0.3) is 0 Å². The zero-order valence-electron chi connectivity index (χ0n) is 11.4. The van der Waals surface area contributed by atoms with Gasteiger partial charge in [0.15, 0.2) is 0 Å². The molecular weight excluding hydrogens is 228 g/mol. The Hall–Kier alpha value is -1.62. The SMILES string of the molecule is Cc1cnc(Cn2cncc2CNC(C)(C)C)o1. The number of nitrogens with one attached hydrogen (secondary N) is 1. The molecule has 0 saturated carbocycles. The van der Waals surface area contributed by atoms with Gasteiger partial charge in [0.05, 0.1) is 18.2 Å². The highest BCUT2D eigenvalue weighted by Gasteiger charge is 2.11. The largest absolute Gasteiger partial charge is 0.444 e. The van der Waals surface area contributed by atoms with Gasteiger partial charge in [-0.25, -0.2) is 9.97 Å². The fourth-order valence-electron chi connectivity index (χ4n) is 1.61. The second-order valence-electron chi connectivity index (χ2n) is 5.48. The highest BCUT2D eigenvalue weighted by molar-refractivity contribution is 5.02. The summed E-state index contributed by atoms with van der Waals surface area (Å²) in [6.07, 6.45) is 5.41. The van der Waals surface area contributed by atoms with Gasteiger partial charge in [0.25, 0.3) is 0 Å². The molecule has 0 saturated heterocycles. The maximum Gasteiger partial charge on any atom is 0.214 e. The van der Waals surface area contributed by atoms with Crippen LogP contribution in [0.15, 0.2) is 23.1 Å². The predicted molar refractivity (Wildman–Crippen MR) is 69.2 cm³/mol. The summed E-state index contributed by atoms with van der Waals surface area (Å²) in [6, 6.07) is 0. The number of aryl methyl sites for hydroxylation is 1. The van der Waals surface area contributed by atoms with E-state index in [0.717, 1.165) is 18.0 Å². The molecule has 98 valence electrons. The minimum atomic E-state index is 0.0919. The van der Waals surface area contributed by atoms with Gasteiger partial charge >= 0.3 is 0 Å². The van der Waals surface area contributed by atoms with E-state index in [9.17, 15) is 0 Å². The number of hydrogen-bond donors (Lipinski definition) is 1. The minimum Gasteiger partial charge on any atom is -0.444 e. The predicted octanol–water partition coefficient (Wildman–Crippen LogP) is 2.12. The van der Waals surface area contributed by atoms with E-state index >= 15 is 0 Å². The third-order valence-corrected chi connectivity index (χ3v) is 2.57. The Balaban J connectivity index is 2.03. The normalized spacial score (nSPS) is 12.0. The van der Waals surface area contributed by atoms with E-state index in [1.165, 1.54) is 0 Å². The number of nitrogens with zero attached hydrogens (tertiary/aromatic N) is 3. The Morgan fingerprint density at radius 1 is 1.33 bits per heavy atom. The average Bonchev–Trinajstić information content (AvgIpc) is 2.85. The zero-order chi connectivity index (χ0) is 13.2. The van der Waals surface area contributed by atoms with Crippen molar-refractivity contribution in [1.82, 2.24) is 19.9 Å². The van der Waals surface area contributed by atoms with Crippen LogP contribution in [-0.2, 0) is 13.1 Å². The number of aromatic nitrogens is 3. The molecule has 18 heavy (non-hydrogen) atoms. The first-order chi connectivity index (χ1) is 8.44. The molecule has 1 N–H and O–H groups in total. The highest BCUT2D eigenvalue weighted by Crippen LogP contribution is 2.08. The fraction of sp³-hybridized carbons (Fsp3) is 0.538. The van der Waals surface area contributed by atoms with E-state index in [-0.39, 0.29) is 5.54 Å². The molecule has 0 bridgehead atoms. The van der Waals surface area contributed by atoms with E-state index < -0.39 is 0 Å². The van der Waals surface area contributed by atoms with E-state index in [4.69, 9.17) is 4.42 Å². The molecule has 5 heteroatoms. The fourth-order valence-corrected chi connectivity index (χ4v) is 1.61. The van der Waals surface area contributed by atoms with Crippen molar-refractivity contribution in [1.29, 1.82) is 0 Å². The van der Waals surface area contributed by atoms with Gasteiger partial charge in [-0.3, -0.25) is 0 Å². The molecule has 2 aromatic rings. The standard InChI is InChI=1S/C13H20N4O/c1-10-5-15-12(18-10)8-17-9-14-6-11(17)7-16-13(2,3)4/h5-6,9,16H,7-8H2,1-4H3. The van der Waals surface area contributed by atoms with Crippen LogP contribution < -0.4 is 5.32 Å². The summed E-state index contributed by atoms with van der Waals surface area (Å²) >= 11 is 0. The first-order valence-electron chi connectivity index (χ1n) is 6.09.